The fourth-order valence-electron chi connectivity index (χ4n) is 3.06. The van der Waals surface area contributed by atoms with Gasteiger partial charge in [-0.15, -0.1) is 0 Å². The van der Waals surface area contributed by atoms with Crippen LogP contribution in [0.25, 0.3) is 0 Å². The largest absolute Gasteiger partial charge is 0.389 e. The summed E-state index contributed by atoms with van der Waals surface area (Å²) in [5, 5.41) is 13.1. The third-order valence-electron chi connectivity index (χ3n) is 4.50. The fourth-order valence-corrected chi connectivity index (χ4v) is 3.06. The number of amides is 2. The van der Waals surface area contributed by atoms with Gasteiger partial charge in [-0.3, -0.25) is 14.6 Å². The maximum absolute atomic E-state index is 13.2. The molecule has 2 atom stereocenters. The van der Waals surface area contributed by atoms with Gasteiger partial charge in [0.1, 0.15) is 11.5 Å². The number of aliphatic hydroxyl groups is 1. The van der Waals surface area contributed by atoms with Crippen LogP contribution in [0.5, 0.6) is 0 Å². The average molecular weight is 357 g/mol. The summed E-state index contributed by atoms with van der Waals surface area (Å²) in [6, 6.07) is 8.55. The van der Waals surface area contributed by atoms with Crippen LogP contribution in [0.2, 0.25) is 0 Å². The topological polar surface area (TPSA) is 82.5 Å². The number of aryl methyl sites for hydroxylation is 1. The highest BCUT2D eigenvalue weighted by Gasteiger charge is 2.32. The zero-order valence-corrected chi connectivity index (χ0v) is 14.4. The maximum Gasteiger partial charge on any atom is 0.272 e. The molecule has 1 aliphatic heterocycles. The minimum Gasteiger partial charge on any atom is -0.389 e. The number of nitrogens with zero attached hydrogens (tertiary/aromatic N) is 2. The van der Waals surface area contributed by atoms with Crippen LogP contribution in [0, 0.1) is 12.7 Å². The third-order valence-corrected chi connectivity index (χ3v) is 4.50. The molecule has 2 amide bonds. The number of hydrogen-bond donors (Lipinski definition) is 2. The standard InChI is InChI=1S/C19H20FN3O3/c1-12-10-13(20)5-6-14(12)18(25)22-15-7-9-23(11-17(15)24)19(26)16-4-2-3-8-21-16/h2-6,8,10,15,17,24H,7,9,11H2,1H3,(H,22,25). The van der Waals surface area contributed by atoms with Crippen LogP contribution in [-0.4, -0.2) is 52.0 Å². The van der Waals surface area contributed by atoms with Crippen LogP contribution >= 0.6 is 0 Å². The van der Waals surface area contributed by atoms with Crippen molar-refractivity contribution in [3.8, 4) is 0 Å². The van der Waals surface area contributed by atoms with E-state index in [9.17, 15) is 19.1 Å². The number of piperidine rings is 1. The summed E-state index contributed by atoms with van der Waals surface area (Å²) in [6.45, 7) is 2.17. The number of benzene rings is 1. The van der Waals surface area contributed by atoms with E-state index in [1.807, 2.05) is 0 Å². The molecule has 0 spiro atoms. The molecule has 0 aliphatic carbocycles. The summed E-state index contributed by atoms with van der Waals surface area (Å²) in [6.07, 6.45) is 1.08. The zero-order chi connectivity index (χ0) is 18.7. The van der Waals surface area contributed by atoms with Gasteiger partial charge in [-0.1, -0.05) is 6.07 Å². The zero-order valence-electron chi connectivity index (χ0n) is 14.4. The fraction of sp³-hybridized carbons (Fsp3) is 0.316. The molecule has 2 aromatic rings. The Morgan fingerprint density at radius 3 is 2.77 bits per heavy atom. The molecule has 1 saturated heterocycles. The smallest absolute Gasteiger partial charge is 0.272 e. The number of aliphatic hydroxyl groups excluding tert-OH is 1. The molecule has 26 heavy (non-hydrogen) atoms. The normalized spacial score (nSPS) is 19.9. The van der Waals surface area contributed by atoms with Crippen molar-refractivity contribution >= 4 is 11.8 Å². The summed E-state index contributed by atoms with van der Waals surface area (Å²) in [7, 11) is 0. The number of β-amino-alcohol motifs (C(OH)–C–C–N with tert-alkyl or cyclic N) is 1. The Labute approximate surface area is 150 Å². The van der Waals surface area contributed by atoms with Gasteiger partial charge in [0.25, 0.3) is 11.8 Å². The molecule has 1 aromatic heterocycles. The average Bonchev–Trinajstić information content (AvgIpc) is 2.63. The van der Waals surface area contributed by atoms with E-state index in [4.69, 9.17) is 0 Å². The molecule has 2 heterocycles. The van der Waals surface area contributed by atoms with Crippen molar-refractivity contribution < 1.29 is 19.1 Å². The molecule has 6 nitrogen and oxygen atoms in total. The van der Waals surface area contributed by atoms with E-state index in [-0.39, 0.29) is 18.4 Å². The lowest BCUT2D eigenvalue weighted by Crippen LogP contribution is -2.55. The van der Waals surface area contributed by atoms with E-state index in [0.717, 1.165) is 0 Å². The maximum atomic E-state index is 13.2. The number of carbonyl (C=O) groups is 2. The summed E-state index contributed by atoms with van der Waals surface area (Å²) in [5.74, 6) is -1.01. The highest BCUT2D eigenvalue weighted by atomic mass is 19.1. The Morgan fingerprint density at radius 1 is 1.31 bits per heavy atom. The van der Waals surface area contributed by atoms with Crippen molar-refractivity contribution in [2.75, 3.05) is 13.1 Å². The van der Waals surface area contributed by atoms with Crippen LogP contribution in [0.4, 0.5) is 4.39 Å². The number of aromatic nitrogens is 1. The minimum atomic E-state index is -0.888. The Bertz CT molecular complexity index is 813. The number of likely N-dealkylation sites (tertiary alicyclic amines) is 1. The highest BCUT2D eigenvalue weighted by molar-refractivity contribution is 5.96. The second-order valence-electron chi connectivity index (χ2n) is 6.36. The van der Waals surface area contributed by atoms with Gasteiger partial charge in [0.2, 0.25) is 0 Å². The quantitative estimate of drug-likeness (QED) is 0.873. The molecule has 1 fully saturated rings. The molecular weight excluding hydrogens is 337 g/mol. The van der Waals surface area contributed by atoms with Gasteiger partial charge < -0.3 is 15.3 Å². The van der Waals surface area contributed by atoms with Crippen molar-refractivity contribution in [1.29, 1.82) is 0 Å². The monoisotopic (exact) mass is 357 g/mol. The number of pyridine rings is 1. The lowest BCUT2D eigenvalue weighted by molar-refractivity contribution is 0.0311. The van der Waals surface area contributed by atoms with Crippen molar-refractivity contribution in [2.24, 2.45) is 0 Å². The number of halogens is 1. The van der Waals surface area contributed by atoms with Crippen molar-refractivity contribution in [2.45, 2.75) is 25.5 Å². The van der Waals surface area contributed by atoms with Gasteiger partial charge in [-0.05, 0) is 49.2 Å². The summed E-state index contributed by atoms with van der Waals surface area (Å²) in [4.78, 5) is 30.4. The minimum absolute atomic E-state index is 0.114. The van der Waals surface area contributed by atoms with Crippen molar-refractivity contribution in [1.82, 2.24) is 15.2 Å². The van der Waals surface area contributed by atoms with Crippen molar-refractivity contribution in [3.63, 3.8) is 0 Å². The van der Waals surface area contributed by atoms with E-state index in [2.05, 4.69) is 10.3 Å². The van der Waals surface area contributed by atoms with E-state index in [1.165, 1.54) is 23.1 Å². The van der Waals surface area contributed by atoms with Crippen LogP contribution in [0.3, 0.4) is 0 Å². The second kappa shape index (κ2) is 7.61. The van der Waals surface area contributed by atoms with Crippen molar-refractivity contribution in [3.05, 3.63) is 65.2 Å². The number of rotatable bonds is 3. The molecule has 0 bridgehead atoms. The first-order chi connectivity index (χ1) is 12.5. The SMILES string of the molecule is Cc1cc(F)ccc1C(=O)NC1CCN(C(=O)c2ccccn2)CC1O. The highest BCUT2D eigenvalue weighted by Crippen LogP contribution is 2.16. The summed E-state index contributed by atoms with van der Waals surface area (Å²) in [5.41, 5.74) is 1.22. The number of nitrogens with one attached hydrogen (secondary N) is 1. The van der Waals surface area contributed by atoms with Gasteiger partial charge in [0.05, 0.1) is 12.1 Å². The van der Waals surface area contributed by atoms with Gasteiger partial charge in [0.15, 0.2) is 0 Å². The van der Waals surface area contributed by atoms with Crippen LogP contribution < -0.4 is 5.32 Å². The van der Waals surface area contributed by atoms with Crippen LogP contribution in [-0.2, 0) is 0 Å². The van der Waals surface area contributed by atoms with E-state index in [0.29, 0.717) is 29.8 Å². The summed E-state index contributed by atoms with van der Waals surface area (Å²) >= 11 is 0. The molecule has 2 unspecified atom stereocenters. The molecule has 3 rings (SSSR count). The van der Waals surface area contributed by atoms with E-state index < -0.39 is 18.0 Å². The third kappa shape index (κ3) is 3.88. The lowest BCUT2D eigenvalue weighted by Gasteiger charge is -2.36. The van der Waals surface area contributed by atoms with Gasteiger partial charge in [-0.2, -0.15) is 0 Å². The van der Waals surface area contributed by atoms with Gasteiger partial charge in [-0.25, -0.2) is 4.39 Å². The van der Waals surface area contributed by atoms with Gasteiger partial charge >= 0.3 is 0 Å². The molecule has 0 radical (unpaired) electrons. The molecule has 1 aliphatic rings. The van der Waals surface area contributed by atoms with Gasteiger partial charge in [0, 0.05) is 24.8 Å². The molecule has 2 N–H and O–H groups in total. The molecule has 7 heteroatoms. The Balaban J connectivity index is 1.62. The lowest BCUT2D eigenvalue weighted by atomic mass is 10.00. The van der Waals surface area contributed by atoms with Crippen LogP contribution in [0.1, 0.15) is 32.8 Å². The number of hydrogen-bond acceptors (Lipinski definition) is 4. The first kappa shape index (κ1) is 18.0. The van der Waals surface area contributed by atoms with Crippen LogP contribution in [0.15, 0.2) is 42.6 Å². The molecule has 0 saturated carbocycles. The predicted octanol–water partition coefficient (Wildman–Crippen LogP) is 1.53. The first-order valence-electron chi connectivity index (χ1n) is 8.41. The second-order valence-corrected chi connectivity index (χ2v) is 6.36. The molecule has 136 valence electrons. The molecule has 1 aromatic carbocycles. The predicted molar refractivity (Wildman–Crippen MR) is 93.2 cm³/mol. The Morgan fingerprint density at radius 2 is 2.12 bits per heavy atom. The Kier molecular flexibility index (Phi) is 5.27. The Hall–Kier alpha value is -2.80. The number of carbonyl (C=O) groups excluding carboxylic acids is 2. The summed E-state index contributed by atoms with van der Waals surface area (Å²) < 4.78 is 13.2. The van der Waals surface area contributed by atoms with E-state index >= 15 is 0 Å². The first-order valence-corrected chi connectivity index (χ1v) is 8.41. The van der Waals surface area contributed by atoms with E-state index in [1.54, 1.807) is 31.3 Å². The molecular formula is C19H20FN3O3.